The summed E-state index contributed by atoms with van der Waals surface area (Å²) >= 11 is 0. The largest absolute Gasteiger partial charge is 0.380 e. The predicted octanol–water partition coefficient (Wildman–Crippen LogP) is 10.2. The van der Waals surface area contributed by atoms with Crippen LogP contribution in [0.4, 0.5) is 0 Å². The predicted molar refractivity (Wildman–Crippen MR) is 210 cm³/mol. The summed E-state index contributed by atoms with van der Waals surface area (Å²) in [6.07, 6.45) is -1.00. The summed E-state index contributed by atoms with van der Waals surface area (Å²) in [5, 5.41) is 36.0. The molecule has 8 aromatic rings. The van der Waals surface area contributed by atoms with Gasteiger partial charge in [-0.25, -0.2) is 0 Å². The lowest BCUT2D eigenvalue weighted by atomic mass is 9.64. The minimum atomic E-state index is -1.77. The first-order chi connectivity index (χ1) is 25.3. The van der Waals surface area contributed by atoms with E-state index in [1.807, 2.05) is 111 Å². The molecule has 0 spiro atoms. The molecule has 0 amide bonds. The molecule has 1 saturated heterocycles. The smallest absolute Gasteiger partial charge is 0.163 e. The SMILES string of the molecule is CC1(C)OC[C@H](C(O)(c2cccc3ccccc23)c2cccc3ccccc23)[C@@H](C(O)(c2cccc3ccccc23)c2cccc3ccccc23)O1. The Morgan fingerprint density at radius 2 is 0.750 bits per heavy atom. The zero-order valence-corrected chi connectivity index (χ0v) is 29.2. The monoisotopic (exact) mass is 680 g/mol. The molecule has 0 bridgehead atoms. The van der Waals surface area contributed by atoms with Gasteiger partial charge in [-0.1, -0.05) is 170 Å². The second kappa shape index (κ2) is 12.4. The van der Waals surface area contributed by atoms with Crippen LogP contribution in [0.1, 0.15) is 36.1 Å². The molecule has 1 aliphatic heterocycles. The standard InChI is InChI=1S/C48H40O4/c1-46(2)51-31-44(47(49,40-27-11-19-32-15-3-7-23-36(32)40)41-28-12-20-33-16-4-8-24-37(33)41)45(52-46)48(50,42-29-13-21-34-17-5-9-25-38(34)42)43-30-14-22-35-18-6-10-26-39(35)43/h3-30,44-45,49-50H,31H2,1-2H3/t44-,45-/m0/s1. The fourth-order valence-corrected chi connectivity index (χ4v) is 8.74. The highest BCUT2D eigenvalue weighted by Crippen LogP contribution is 2.53. The molecular weight excluding hydrogens is 641 g/mol. The Labute approximate surface area is 303 Å². The van der Waals surface area contributed by atoms with Gasteiger partial charge >= 0.3 is 0 Å². The van der Waals surface area contributed by atoms with E-state index in [0.29, 0.717) is 11.1 Å². The molecule has 52 heavy (non-hydrogen) atoms. The van der Waals surface area contributed by atoms with Crippen molar-refractivity contribution in [2.45, 2.75) is 36.9 Å². The van der Waals surface area contributed by atoms with Crippen LogP contribution >= 0.6 is 0 Å². The maximum Gasteiger partial charge on any atom is 0.163 e. The molecule has 4 heteroatoms. The molecule has 4 nitrogen and oxygen atoms in total. The van der Waals surface area contributed by atoms with Gasteiger partial charge in [-0.15, -0.1) is 0 Å². The Balaban J connectivity index is 1.41. The van der Waals surface area contributed by atoms with Gasteiger partial charge in [0.05, 0.1) is 6.61 Å². The third-order valence-corrected chi connectivity index (χ3v) is 11.1. The number of rotatable bonds is 6. The van der Waals surface area contributed by atoms with E-state index in [1.165, 1.54) is 0 Å². The zero-order chi connectivity index (χ0) is 35.5. The number of hydrogen-bond donors (Lipinski definition) is 2. The van der Waals surface area contributed by atoms with E-state index in [0.717, 1.165) is 54.2 Å². The number of hydrogen-bond acceptors (Lipinski definition) is 4. The highest BCUT2D eigenvalue weighted by Gasteiger charge is 2.59. The van der Waals surface area contributed by atoms with Crippen molar-refractivity contribution in [3.63, 3.8) is 0 Å². The van der Waals surface area contributed by atoms with Crippen LogP contribution in [0.15, 0.2) is 170 Å². The molecule has 9 rings (SSSR count). The number of aliphatic hydroxyl groups is 2. The second-order valence-corrected chi connectivity index (χ2v) is 14.5. The van der Waals surface area contributed by atoms with Gasteiger partial charge in [-0.05, 0) is 79.2 Å². The Bertz CT molecular complexity index is 2430. The summed E-state index contributed by atoms with van der Waals surface area (Å²) in [6.45, 7) is 3.88. The van der Waals surface area contributed by atoms with E-state index >= 15 is 0 Å². The summed E-state index contributed by atoms with van der Waals surface area (Å²) in [5.41, 5.74) is -0.618. The fraction of sp³-hybridized carbons (Fsp3) is 0.167. The van der Waals surface area contributed by atoms with Crippen LogP contribution < -0.4 is 0 Å². The van der Waals surface area contributed by atoms with Crippen LogP contribution in [0.3, 0.4) is 0 Å². The molecule has 2 N–H and O–H groups in total. The van der Waals surface area contributed by atoms with Gasteiger partial charge in [0.15, 0.2) is 5.79 Å². The highest BCUT2D eigenvalue weighted by molar-refractivity contribution is 5.93. The summed E-state index contributed by atoms with van der Waals surface area (Å²) in [5.74, 6) is -1.89. The van der Waals surface area contributed by atoms with E-state index in [2.05, 4.69) is 72.8 Å². The number of benzene rings is 8. The first kappa shape index (κ1) is 32.5. The lowest BCUT2D eigenvalue weighted by Crippen LogP contribution is -2.61. The van der Waals surface area contributed by atoms with Crippen LogP contribution in [-0.4, -0.2) is 28.7 Å². The molecule has 0 aliphatic carbocycles. The Morgan fingerprint density at radius 3 is 1.12 bits per heavy atom. The molecule has 0 saturated carbocycles. The van der Waals surface area contributed by atoms with Crippen molar-refractivity contribution in [3.8, 4) is 0 Å². The third kappa shape index (κ3) is 5.06. The van der Waals surface area contributed by atoms with Crippen LogP contribution in [0.2, 0.25) is 0 Å². The maximum absolute atomic E-state index is 14.2. The summed E-state index contributed by atoms with van der Waals surface area (Å²) < 4.78 is 13.7. The number of ether oxygens (including phenoxy) is 2. The molecule has 0 aromatic heterocycles. The maximum atomic E-state index is 14.2. The van der Waals surface area contributed by atoms with Crippen molar-refractivity contribution in [1.29, 1.82) is 0 Å². The Morgan fingerprint density at radius 1 is 0.442 bits per heavy atom. The molecule has 0 radical (unpaired) electrons. The van der Waals surface area contributed by atoms with Gasteiger partial charge in [0.1, 0.15) is 17.3 Å². The van der Waals surface area contributed by atoms with Crippen molar-refractivity contribution in [3.05, 3.63) is 192 Å². The Kier molecular flexibility index (Phi) is 7.76. The van der Waals surface area contributed by atoms with Crippen LogP contribution in [0.25, 0.3) is 43.1 Å². The average Bonchev–Trinajstić information content (AvgIpc) is 3.19. The van der Waals surface area contributed by atoms with Crippen molar-refractivity contribution in [2.75, 3.05) is 6.61 Å². The first-order valence-corrected chi connectivity index (χ1v) is 18.0. The Hall–Kier alpha value is -5.36. The van der Waals surface area contributed by atoms with Crippen molar-refractivity contribution < 1.29 is 19.7 Å². The average molecular weight is 681 g/mol. The van der Waals surface area contributed by atoms with Gasteiger partial charge < -0.3 is 19.7 Å². The summed E-state index contributed by atoms with van der Waals surface area (Å²) in [6, 6.07) is 56.9. The first-order valence-electron chi connectivity index (χ1n) is 18.0. The summed E-state index contributed by atoms with van der Waals surface area (Å²) in [4.78, 5) is 0. The van der Waals surface area contributed by atoms with E-state index in [4.69, 9.17) is 9.47 Å². The molecule has 1 heterocycles. The van der Waals surface area contributed by atoms with Crippen LogP contribution in [0, 0.1) is 5.92 Å². The van der Waals surface area contributed by atoms with Crippen molar-refractivity contribution >= 4 is 43.1 Å². The molecule has 1 aliphatic rings. The van der Waals surface area contributed by atoms with Gasteiger partial charge in [0.25, 0.3) is 0 Å². The van der Waals surface area contributed by atoms with Gasteiger partial charge in [-0.2, -0.15) is 0 Å². The lowest BCUT2D eigenvalue weighted by molar-refractivity contribution is -0.337. The second-order valence-electron chi connectivity index (χ2n) is 14.5. The van der Waals surface area contributed by atoms with Crippen molar-refractivity contribution in [1.82, 2.24) is 0 Å². The quantitative estimate of drug-likeness (QED) is 0.184. The van der Waals surface area contributed by atoms with Crippen LogP contribution in [0.5, 0.6) is 0 Å². The number of fused-ring (bicyclic) bond motifs is 4. The van der Waals surface area contributed by atoms with E-state index in [-0.39, 0.29) is 6.61 Å². The minimum absolute atomic E-state index is 0.110. The molecular formula is C48H40O4. The van der Waals surface area contributed by atoms with Gasteiger partial charge in [0, 0.05) is 5.92 Å². The molecule has 1 fully saturated rings. The summed E-state index contributed by atoms with van der Waals surface area (Å²) in [7, 11) is 0. The minimum Gasteiger partial charge on any atom is -0.380 e. The van der Waals surface area contributed by atoms with E-state index in [1.54, 1.807) is 0 Å². The van der Waals surface area contributed by atoms with Crippen LogP contribution in [-0.2, 0) is 20.7 Å². The highest BCUT2D eigenvalue weighted by atomic mass is 16.7. The molecule has 0 unspecified atom stereocenters. The van der Waals surface area contributed by atoms with Gasteiger partial charge in [0.2, 0.25) is 0 Å². The van der Waals surface area contributed by atoms with Crippen molar-refractivity contribution in [2.24, 2.45) is 5.92 Å². The fourth-order valence-electron chi connectivity index (χ4n) is 8.74. The van der Waals surface area contributed by atoms with Gasteiger partial charge in [-0.3, -0.25) is 0 Å². The van der Waals surface area contributed by atoms with E-state index < -0.39 is 29.0 Å². The lowest BCUT2D eigenvalue weighted by Gasteiger charge is -2.53. The topological polar surface area (TPSA) is 58.9 Å². The molecule has 256 valence electrons. The molecule has 8 aromatic carbocycles. The molecule has 2 atom stereocenters. The normalized spacial score (nSPS) is 17.9. The van der Waals surface area contributed by atoms with E-state index in [9.17, 15) is 10.2 Å². The third-order valence-electron chi connectivity index (χ3n) is 11.1. The zero-order valence-electron chi connectivity index (χ0n) is 29.2.